The summed E-state index contributed by atoms with van der Waals surface area (Å²) >= 11 is 1.34. The Labute approximate surface area is 152 Å². The summed E-state index contributed by atoms with van der Waals surface area (Å²) in [4.78, 5) is 35.7. The van der Waals surface area contributed by atoms with Gasteiger partial charge in [0, 0.05) is 19.2 Å². The molecule has 1 amide bonds. The maximum absolute atomic E-state index is 12.7. The third-order valence-corrected chi connectivity index (χ3v) is 5.30. The van der Waals surface area contributed by atoms with Gasteiger partial charge in [0.1, 0.15) is 23.3 Å². The van der Waals surface area contributed by atoms with Gasteiger partial charge in [0.25, 0.3) is 5.56 Å². The standard InChI is InChI=1S/C16H18N6O3S/c1-10-7-11(20-25-10)18-12(23)8-22-9-17-14-13(15(22)24)26-16(19-14)21-5-3-2-4-6-21/h7,9H,2-6,8H2,1H3,(H,18,20,23). The highest BCUT2D eigenvalue weighted by Gasteiger charge is 2.18. The molecule has 136 valence electrons. The lowest BCUT2D eigenvalue weighted by Gasteiger charge is -2.25. The number of hydrogen-bond acceptors (Lipinski definition) is 8. The number of fused-ring (bicyclic) bond motifs is 1. The van der Waals surface area contributed by atoms with Gasteiger partial charge in [-0.2, -0.15) is 4.98 Å². The number of amides is 1. The lowest BCUT2D eigenvalue weighted by Crippen LogP contribution is -2.29. The lowest BCUT2D eigenvalue weighted by molar-refractivity contribution is -0.116. The van der Waals surface area contributed by atoms with Crippen LogP contribution in [0.25, 0.3) is 10.3 Å². The molecule has 26 heavy (non-hydrogen) atoms. The summed E-state index contributed by atoms with van der Waals surface area (Å²) in [5, 5.41) is 7.12. The molecule has 0 radical (unpaired) electrons. The van der Waals surface area contributed by atoms with Crippen LogP contribution in [0.15, 0.2) is 21.7 Å². The number of carbonyl (C=O) groups is 1. The quantitative estimate of drug-likeness (QED) is 0.742. The normalized spacial score (nSPS) is 14.7. The number of aromatic nitrogens is 4. The van der Waals surface area contributed by atoms with Crippen molar-refractivity contribution >= 4 is 38.5 Å². The maximum Gasteiger partial charge on any atom is 0.273 e. The molecule has 1 fully saturated rings. The second-order valence-corrected chi connectivity index (χ2v) is 7.22. The molecule has 0 unspecified atom stereocenters. The van der Waals surface area contributed by atoms with E-state index in [1.165, 1.54) is 28.7 Å². The summed E-state index contributed by atoms with van der Waals surface area (Å²) in [6.07, 6.45) is 4.86. The minimum atomic E-state index is -0.373. The van der Waals surface area contributed by atoms with Crippen molar-refractivity contribution in [1.29, 1.82) is 0 Å². The molecule has 3 aromatic rings. The lowest BCUT2D eigenvalue weighted by atomic mass is 10.1. The minimum Gasteiger partial charge on any atom is -0.360 e. The van der Waals surface area contributed by atoms with Crippen molar-refractivity contribution in [3.8, 4) is 0 Å². The van der Waals surface area contributed by atoms with E-state index in [1.54, 1.807) is 13.0 Å². The fourth-order valence-electron chi connectivity index (χ4n) is 2.93. The van der Waals surface area contributed by atoms with Gasteiger partial charge in [-0.05, 0) is 26.2 Å². The monoisotopic (exact) mass is 374 g/mol. The molecule has 0 bridgehead atoms. The fourth-order valence-corrected chi connectivity index (χ4v) is 3.95. The van der Waals surface area contributed by atoms with Gasteiger partial charge in [-0.1, -0.05) is 16.5 Å². The van der Waals surface area contributed by atoms with Crippen LogP contribution >= 0.6 is 11.3 Å². The van der Waals surface area contributed by atoms with E-state index in [4.69, 9.17) is 4.52 Å². The number of nitrogens with one attached hydrogen (secondary N) is 1. The largest absolute Gasteiger partial charge is 0.360 e. The van der Waals surface area contributed by atoms with Gasteiger partial charge in [0.2, 0.25) is 5.91 Å². The highest BCUT2D eigenvalue weighted by molar-refractivity contribution is 7.22. The first-order chi connectivity index (χ1) is 12.6. The Balaban J connectivity index is 1.55. The molecule has 0 atom stereocenters. The van der Waals surface area contributed by atoms with Crippen molar-refractivity contribution in [3.63, 3.8) is 0 Å². The molecule has 0 aromatic carbocycles. The van der Waals surface area contributed by atoms with E-state index in [9.17, 15) is 9.59 Å². The summed E-state index contributed by atoms with van der Waals surface area (Å²) in [7, 11) is 0. The summed E-state index contributed by atoms with van der Waals surface area (Å²) < 4.78 is 6.65. The zero-order valence-corrected chi connectivity index (χ0v) is 15.1. The Morgan fingerprint density at radius 2 is 2.15 bits per heavy atom. The van der Waals surface area contributed by atoms with E-state index in [-0.39, 0.29) is 18.0 Å². The van der Waals surface area contributed by atoms with E-state index in [0.717, 1.165) is 31.1 Å². The molecule has 0 saturated carbocycles. The Morgan fingerprint density at radius 3 is 2.88 bits per heavy atom. The van der Waals surface area contributed by atoms with Crippen LogP contribution < -0.4 is 15.8 Å². The zero-order chi connectivity index (χ0) is 18.1. The molecule has 1 N–H and O–H groups in total. The van der Waals surface area contributed by atoms with Gasteiger partial charge in [0.15, 0.2) is 16.6 Å². The molecule has 3 aromatic heterocycles. The third kappa shape index (κ3) is 3.32. The molecule has 0 aliphatic carbocycles. The fraction of sp³-hybridized carbons (Fsp3) is 0.438. The van der Waals surface area contributed by atoms with Crippen LogP contribution in [-0.4, -0.2) is 38.7 Å². The molecule has 4 rings (SSSR count). The molecule has 10 heteroatoms. The number of rotatable bonds is 4. The summed E-state index contributed by atoms with van der Waals surface area (Å²) in [5.74, 6) is 0.539. The van der Waals surface area contributed by atoms with Crippen LogP contribution in [0.5, 0.6) is 0 Å². The Kier molecular flexibility index (Phi) is 4.41. The average Bonchev–Trinajstić information content (AvgIpc) is 3.25. The summed E-state index contributed by atoms with van der Waals surface area (Å²) in [5.41, 5.74) is 0.173. The zero-order valence-electron chi connectivity index (χ0n) is 14.3. The summed E-state index contributed by atoms with van der Waals surface area (Å²) in [6, 6.07) is 1.61. The van der Waals surface area contributed by atoms with Crippen LogP contribution in [0.4, 0.5) is 10.9 Å². The van der Waals surface area contributed by atoms with Gasteiger partial charge >= 0.3 is 0 Å². The predicted octanol–water partition coefficient (Wildman–Crippen LogP) is 1.78. The van der Waals surface area contributed by atoms with Crippen LogP contribution in [0.1, 0.15) is 25.0 Å². The van der Waals surface area contributed by atoms with E-state index < -0.39 is 0 Å². The highest BCUT2D eigenvalue weighted by Crippen LogP contribution is 2.27. The number of piperidine rings is 1. The highest BCUT2D eigenvalue weighted by atomic mass is 32.1. The second kappa shape index (κ2) is 6.87. The van der Waals surface area contributed by atoms with Crippen molar-refractivity contribution in [2.24, 2.45) is 0 Å². The molecule has 9 nitrogen and oxygen atoms in total. The van der Waals surface area contributed by atoms with Crippen molar-refractivity contribution in [2.75, 3.05) is 23.3 Å². The average molecular weight is 374 g/mol. The van der Waals surface area contributed by atoms with Crippen molar-refractivity contribution in [3.05, 3.63) is 28.5 Å². The number of hydrogen-bond donors (Lipinski definition) is 1. The van der Waals surface area contributed by atoms with Crippen LogP contribution in [0, 0.1) is 6.92 Å². The van der Waals surface area contributed by atoms with Gasteiger partial charge in [-0.15, -0.1) is 0 Å². The van der Waals surface area contributed by atoms with E-state index >= 15 is 0 Å². The first-order valence-electron chi connectivity index (χ1n) is 8.44. The minimum absolute atomic E-state index is 0.148. The molecular weight excluding hydrogens is 356 g/mol. The number of nitrogens with zero attached hydrogens (tertiary/aromatic N) is 5. The Bertz CT molecular complexity index is 1000. The van der Waals surface area contributed by atoms with E-state index in [2.05, 4.69) is 25.3 Å². The van der Waals surface area contributed by atoms with Crippen molar-refractivity contribution in [1.82, 2.24) is 19.7 Å². The van der Waals surface area contributed by atoms with Crippen LogP contribution in [0.3, 0.4) is 0 Å². The molecule has 4 heterocycles. The van der Waals surface area contributed by atoms with Crippen LogP contribution in [0.2, 0.25) is 0 Å². The van der Waals surface area contributed by atoms with Gasteiger partial charge in [-0.25, -0.2) is 4.98 Å². The molecule has 0 spiro atoms. The third-order valence-electron chi connectivity index (χ3n) is 4.21. The molecular formula is C16H18N6O3S. The summed E-state index contributed by atoms with van der Waals surface area (Å²) in [6.45, 7) is 3.49. The van der Waals surface area contributed by atoms with E-state index in [0.29, 0.717) is 21.9 Å². The molecule has 1 aliphatic heterocycles. The van der Waals surface area contributed by atoms with Gasteiger partial charge in [-0.3, -0.25) is 14.2 Å². The topological polar surface area (TPSA) is 106 Å². The smallest absolute Gasteiger partial charge is 0.273 e. The first kappa shape index (κ1) is 16.7. The second-order valence-electron chi connectivity index (χ2n) is 6.25. The van der Waals surface area contributed by atoms with Crippen molar-refractivity contribution in [2.45, 2.75) is 32.7 Å². The SMILES string of the molecule is Cc1cc(NC(=O)Cn2cnc3nc(N4CCCCC4)sc3c2=O)no1. The first-order valence-corrected chi connectivity index (χ1v) is 9.26. The Morgan fingerprint density at radius 1 is 1.35 bits per heavy atom. The maximum atomic E-state index is 12.7. The Hall–Kier alpha value is -2.75. The number of thiazole rings is 1. The number of aryl methyl sites for hydroxylation is 1. The van der Waals surface area contributed by atoms with Gasteiger partial charge < -0.3 is 14.7 Å². The number of carbonyl (C=O) groups excluding carboxylic acids is 1. The van der Waals surface area contributed by atoms with Crippen LogP contribution in [-0.2, 0) is 11.3 Å². The number of anilines is 2. The van der Waals surface area contributed by atoms with E-state index in [1.807, 2.05) is 0 Å². The molecule has 1 saturated heterocycles. The predicted molar refractivity (Wildman–Crippen MR) is 97.6 cm³/mol. The van der Waals surface area contributed by atoms with Gasteiger partial charge in [0.05, 0.1) is 0 Å². The molecule has 1 aliphatic rings. The van der Waals surface area contributed by atoms with Crippen molar-refractivity contribution < 1.29 is 9.32 Å².